The first-order chi connectivity index (χ1) is 15.3. The van der Waals surface area contributed by atoms with E-state index in [0.717, 1.165) is 5.56 Å². The van der Waals surface area contributed by atoms with Crippen molar-refractivity contribution in [2.75, 3.05) is 25.0 Å². The van der Waals surface area contributed by atoms with Gasteiger partial charge in [0, 0.05) is 24.7 Å². The number of benzene rings is 3. The van der Waals surface area contributed by atoms with Gasteiger partial charge in [-0.1, -0.05) is 35.9 Å². The summed E-state index contributed by atoms with van der Waals surface area (Å²) in [4.78, 5) is 14.6. The van der Waals surface area contributed by atoms with Crippen LogP contribution in [0.3, 0.4) is 0 Å². The van der Waals surface area contributed by atoms with Gasteiger partial charge < -0.3 is 14.4 Å². The molecule has 0 unspecified atom stereocenters. The second-order valence-electron chi connectivity index (χ2n) is 7.25. The molecule has 1 aliphatic rings. The molecule has 0 bridgehead atoms. The minimum Gasteiger partial charge on any atom is -0.486 e. The molecule has 166 valence electrons. The van der Waals surface area contributed by atoms with Crippen LogP contribution in [0.5, 0.6) is 11.5 Å². The zero-order valence-corrected chi connectivity index (χ0v) is 18.8. The Balaban J connectivity index is 1.57. The third-order valence-electron chi connectivity index (χ3n) is 4.88. The average Bonchev–Trinajstić information content (AvgIpc) is 2.78. The first-order valence-corrected chi connectivity index (χ1v) is 11.7. The van der Waals surface area contributed by atoms with Crippen LogP contribution in [-0.4, -0.2) is 39.5 Å². The summed E-state index contributed by atoms with van der Waals surface area (Å²) in [5, 5.41) is 0.580. The molecule has 1 amide bonds. The van der Waals surface area contributed by atoms with Crippen LogP contribution in [-0.2, 0) is 16.6 Å². The van der Waals surface area contributed by atoms with E-state index in [0.29, 0.717) is 36.3 Å². The minimum absolute atomic E-state index is 0.0104. The van der Waals surface area contributed by atoms with Gasteiger partial charge in [0.25, 0.3) is 15.9 Å². The first kappa shape index (κ1) is 22.0. The van der Waals surface area contributed by atoms with Gasteiger partial charge in [-0.25, -0.2) is 8.42 Å². The van der Waals surface area contributed by atoms with Crippen molar-refractivity contribution in [3.05, 3.63) is 82.9 Å². The fourth-order valence-corrected chi connectivity index (χ4v) is 4.65. The number of amides is 1. The highest BCUT2D eigenvalue weighted by Gasteiger charge is 2.23. The number of sulfonamides is 1. The highest BCUT2D eigenvalue weighted by Crippen LogP contribution is 2.33. The Morgan fingerprint density at radius 2 is 1.75 bits per heavy atom. The lowest BCUT2D eigenvalue weighted by atomic mass is 10.1. The smallest absolute Gasteiger partial charge is 0.262 e. The zero-order chi connectivity index (χ0) is 22.7. The highest BCUT2D eigenvalue weighted by molar-refractivity contribution is 7.92. The molecule has 0 atom stereocenters. The molecular weight excluding hydrogens is 452 g/mol. The topological polar surface area (TPSA) is 84.9 Å². The summed E-state index contributed by atoms with van der Waals surface area (Å²) in [6, 6.07) is 18.1. The van der Waals surface area contributed by atoms with E-state index >= 15 is 0 Å². The van der Waals surface area contributed by atoms with Crippen LogP contribution in [0.1, 0.15) is 15.9 Å². The zero-order valence-electron chi connectivity index (χ0n) is 17.2. The highest BCUT2D eigenvalue weighted by atomic mass is 35.5. The number of carbonyl (C=O) groups is 1. The number of hydrogen-bond donors (Lipinski definition) is 1. The monoisotopic (exact) mass is 472 g/mol. The van der Waals surface area contributed by atoms with Gasteiger partial charge in [-0.3, -0.25) is 9.52 Å². The van der Waals surface area contributed by atoms with Crippen LogP contribution in [0.4, 0.5) is 5.69 Å². The number of fused-ring (bicyclic) bond motifs is 1. The van der Waals surface area contributed by atoms with Crippen LogP contribution in [0.25, 0.3) is 0 Å². The SMILES string of the molecule is CN(Cc1cccc(Cl)c1)C(=O)c1ccccc1NS(=O)(=O)c1ccc2c(c1)OCCO2. The van der Waals surface area contributed by atoms with E-state index < -0.39 is 10.0 Å². The second kappa shape index (κ2) is 9.10. The van der Waals surface area contributed by atoms with Gasteiger partial charge in [-0.15, -0.1) is 0 Å². The molecule has 0 radical (unpaired) electrons. The van der Waals surface area contributed by atoms with Crippen molar-refractivity contribution in [3.63, 3.8) is 0 Å². The Labute approximate surface area is 191 Å². The predicted octanol–water partition coefficient (Wildman–Crippen LogP) is 4.18. The summed E-state index contributed by atoms with van der Waals surface area (Å²) in [6.07, 6.45) is 0. The summed E-state index contributed by atoms with van der Waals surface area (Å²) < 4.78 is 39.5. The maximum atomic E-state index is 13.1. The van der Waals surface area contributed by atoms with Crippen molar-refractivity contribution in [2.45, 2.75) is 11.4 Å². The second-order valence-corrected chi connectivity index (χ2v) is 9.37. The summed E-state index contributed by atoms with van der Waals surface area (Å²) in [5.74, 6) is 0.531. The summed E-state index contributed by atoms with van der Waals surface area (Å²) in [5.41, 5.74) is 1.28. The standard InChI is InChI=1S/C23H21ClN2O5S/c1-26(15-16-5-4-6-17(24)13-16)23(27)19-7-2-3-8-20(19)25-32(28,29)18-9-10-21-22(14-18)31-12-11-30-21/h2-10,13-14,25H,11-12,15H2,1H3. The molecule has 0 saturated heterocycles. The quantitative estimate of drug-likeness (QED) is 0.581. The molecule has 4 rings (SSSR count). The van der Waals surface area contributed by atoms with Crippen LogP contribution in [0.15, 0.2) is 71.6 Å². The number of halogens is 1. The van der Waals surface area contributed by atoms with Crippen molar-refractivity contribution >= 4 is 33.2 Å². The molecule has 3 aromatic rings. The fraction of sp³-hybridized carbons (Fsp3) is 0.174. The van der Waals surface area contributed by atoms with Gasteiger partial charge in [-0.2, -0.15) is 0 Å². The lowest BCUT2D eigenvalue weighted by Gasteiger charge is -2.21. The van der Waals surface area contributed by atoms with Gasteiger partial charge in [0.1, 0.15) is 13.2 Å². The largest absolute Gasteiger partial charge is 0.486 e. The maximum Gasteiger partial charge on any atom is 0.262 e. The van der Waals surface area contributed by atoms with Crippen LogP contribution < -0.4 is 14.2 Å². The molecular formula is C23H21ClN2O5S. The number of anilines is 1. The van der Waals surface area contributed by atoms with E-state index in [4.69, 9.17) is 21.1 Å². The third kappa shape index (κ3) is 4.81. The fourth-order valence-electron chi connectivity index (χ4n) is 3.34. The van der Waals surface area contributed by atoms with Crippen molar-refractivity contribution < 1.29 is 22.7 Å². The Hall–Kier alpha value is -3.23. The van der Waals surface area contributed by atoms with E-state index in [2.05, 4.69) is 4.72 Å². The lowest BCUT2D eigenvalue weighted by molar-refractivity contribution is 0.0786. The van der Waals surface area contributed by atoms with Crippen molar-refractivity contribution in [2.24, 2.45) is 0 Å². The Bertz CT molecular complexity index is 1260. The Morgan fingerprint density at radius 3 is 2.53 bits per heavy atom. The molecule has 7 nitrogen and oxygen atoms in total. The Kier molecular flexibility index (Phi) is 6.25. The van der Waals surface area contributed by atoms with Crippen molar-refractivity contribution in [3.8, 4) is 11.5 Å². The number of nitrogens with one attached hydrogen (secondary N) is 1. The molecule has 32 heavy (non-hydrogen) atoms. The van der Waals surface area contributed by atoms with E-state index in [1.807, 2.05) is 12.1 Å². The van der Waals surface area contributed by atoms with Gasteiger partial charge in [0.05, 0.1) is 16.1 Å². The minimum atomic E-state index is -3.97. The maximum absolute atomic E-state index is 13.1. The predicted molar refractivity (Wildman–Crippen MR) is 122 cm³/mol. The van der Waals surface area contributed by atoms with Crippen molar-refractivity contribution in [1.29, 1.82) is 0 Å². The molecule has 1 N–H and O–H groups in total. The number of nitrogens with zero attached hydrogens (tertiary/aromatic N) is 1. The van der Waals surface area contributed by atoms with E-state index in [-0.39, 0.29) is 22.1 Å². The molecule has 0 aromatic heterocycles. The van der Waals surface area contributed by atoms with Gasteiger partial charge in [-0.05, 0) is 42.0 Å². The van der Waals surface area contributed by atoms with Gasteiger partial charge in [0.15, 0.2) is 11.5 Å². The van der Waals surface area contributed by atoms with E-state index in [9.17, 15) is 13.2 Å². The number of para-hydroxylation sites is 1. The molecule has 0 fully saturated rings. The molecule has 0 spiro atoms. The van der Waals surface area contributed by atoms with Crippen LogP contribution >= 0.6 is 11.6 Å². The molecule has 1 heterocycles. The van der Waals surface area contributed by atoms with Crippen LogP contribution in [0, 0.1) is 0 Å². The summed E-state index contributed by atoms with van der Waals surface area (Å²) in [6.45, 7) is 1.08. The molecule has 0 aliphatic carbocycles. The third-order valence-corrected chi connectivity index (χ3v) is 6.48. The molecule has 3 aromatic carbocycles. The summed E-state index contributed by atoms with van der Waals surface area (Å²) in [7, 11) is -2.32. The van der Waals surface area contributed by atoms with E-state index in [1.54, 1.807) is 49.5 Å². The number of rotatable bonds is 6. The summed E-state index contributed by atoms with van der Waals surface area (Å²) >= 11 is 6.03. The number of carbonyl (C=O) groups excluding carboxylic acids is 1. The van der Waals surface area contributed by atoms with Gasteiger partial charge >= 0.3 is 0 Å². The van der Waals surface area contributed by atoms with Crippen molar-refractivity contribution in [1.82, 2.24) is 4.90 Å². The Morgan fingerprint density at radius 1 is 1.00 bits per heavy atom. The normalized spacial score (nSPS) is 12.8. The number of ether oxygens (including phenoxy) is 2. The molecule has 0 saturated carbocycles. The van der Waals surface area contributed by atoms with Crippen LogP contribution in [0.2, 0.25) is 5.02 Å². The lowest BCUT2D eigenvalue weighted by Crippen LogP contribution is -2.27. The average molecular weight is 473 g/mol. The first-order valence-electron chi connectivity index (χ1n) is 9.85. The molecule has 9 heteroatoms. The van der Waals surface area contributed by atoms with Gasteiger partial charge in [0.2, 0.25) is 0 Å². The number of hydrogen-bond acceptors (Lipinski definition) is 5. The molecule has 1 aliphatic heterocycles. The van der Waals surface area contributed by atoms with E-state index in [1.165, 1.54) is 17.0 Å².